The third-order valence-corrected chi connectivity index (χ3v) is 5.38. The van der Waals surface area contributed by atoms with Gasteiger partial charge in [-0.15, -0.1) is 0 Å². The molecule has 0 aliphatic heterocycles. The molecule has 8 nitrogen and oxygen atoms in total. The number of carbonyl (C=O) groups excluding carboxylic acids is 3. The third-order valence-electron chi connectivity index (χ3n) is 5.12. The van der Waals surface area contributed by atoms with E-state index in [-0.39, 0.29) is 17.8 Å². The molecular weight excluding hydrogens is 454 g/mol. The Morgan fingerprint density at radius 3 is 2.41 bits per heavy atom. The van der Waals surface area contributed by atoms with Gasteiger partial charge in [0.25, 0.3) is 11.8 Å². The molecule has 0 bridgehead atoms. The van der Waals surface area contributed by atoms with Gasteiger partial charge in [0.2, 0.25) is 5.78 Å². The molecule has 1 unspecified atom stereocenters. The van der Waals surface area contributed by atoms with Gasteiger partial charge < -0.3 is 11.1 Å². The van der Waals surface area contributed by atoms with Crippen LogP contribution >= 0.6 is 11.6 Å². The molecular formula is C25H20ClN5O3. The molecule has 2 aromatic heterocycles. The van der Waals surface area contributed by atoms with Crippen LogP contribution in [0.4, 0.5) is 0 Å². The van der Waals surface area contributed by atoms with Crippen LogP contribution in [0.25, 0.3) is 17.1 Å². The van der Waals surface area contributed by atoms with Crippen molar-refractivity contribution in [3.05, 3.63) is 101 Å². The van der Waals surface area contributed by atoms with Crippen molar-refractivity contribution in [2.45, 2.75) is 12.5 Å². The van der Waals surface area contributed by atoms with Crippen LogP contribution in [0.3, 0.4) is 0 Å². The Kier molecular flexibility index (Phi) is 6.79. The van der Waals surface area contributed by atoms with E-state index in [1.807, 2.05) is 18.2 Å². The zero-order chi connectivity index (χ0) is 24.1. The summed E-state index contributed by atoms with van der Waals surface area (Å²) in [6, 6.07) is 20.1. The molecule has 0 aliphatic rings. The Labute approximate surface area is 200 Å². The van der Waals surface area contributed by atoms with Crippen molar-refractivity contribution >= 4 is 29.2 Å². The summed E-state index contributed by atoms with van der Waals surface area (Å²) in [7, 11) is 0. The molecule has 34 heavy (non-hydrogen) atoms. The molecule has 170 valence electrons. The minimum atomic E-state index is -1.12. The van der Waals surface area contributed by atoms with Gasteiger partial charge in [-0.3, -0.25) is 14.4 Å². The van der Waals surface area contributed by atoms with Gasteiger partial charge in [0.1, 0.15) is 6.04 Å². The van der Waals surface area contributed by atoms with Crippen molar-refractivity contribution in [1.29, 1.82) is 0 Å². The number of pyridine rings is 1. The second kappa shape index (κ2) is 10.1. The number of ketones is 1. The molecule has 0 saturated carbocycles. The number of halogens is 1. The number of benzene rings is 2. The Bertz CT molecular complexity index is 1340. The van der Waals surface area contributed by atoms with Crippen LogP contribution in [-0.4, -0.2) is 38.4 Å². The zero-order valence-electron chi connectivity index (χ0n) is 17.9. The van der Waals surface area contributed by atoms with Gasteiger partial charge in [0.15, 0.2) is 5.82 Å². The monoisotopic (exact) mass is 473 g/mol. The first kappa shape index (κ1) is 22.9. The Morgan fingerprint density at radius 1 is 0.971 bits per heavy atom. The van der Waals surface area contributed by atoms with E-state index in [1.54, 1.807) is 60.8 Å². The molecule has 9 heteroatoms. The lowest BCUT2D eigenvalue weighted by Crippen LogP contribution is -2.47. The number of carbonyl (C=O) groups is 3. The number of aromatic nitrogens is 3. The highest BCUT2D eigenvalue weighted by Gasteiger charge is 2.27. The largest absolute Gasteiger partial charge is 0.363 e. The lowest BCUT2D eigenvalue weighted by atomic mass is 10.0. The Balaban J connectivity index is 1.61. The average Bonchev–Trinajstić information content (AvgIpc) is 3.34. The molecule has 2 heterocycles. The molecule has 2 amide bonds. The van der Waals surface area contributed by atoms with E-state index < -0.39 is 23.6 Å². The molecule has 0 spiro atoms. The van der Waals surface area contributed by atoms with Crippen LogP contribution in [0.5, 0.6) is 0 Å². The highest BCUT2D eigenvalue weighted by Crippen LogP contribution is 2.21. The minimum absolute atomic E-state index is 0.117. The summed E-state index contributed by atoms with van der Waals surface area (Å²) in [5.74, 6) is -2.31. The number of amides is 2. The molecule has 3 N–H and O–H groups in total. The molecule has 0 saturated heterocycles. The maximum atomic E-state index is 13.2. The summed E-state index contributed by atoms with van der Waals surface area (Å²) in [5, 5.41) is 7.77. The Hall–Kier alpha value is -4.30. The van der Waals surface area contributed by atoms with Gasteiger partial charge >= 0.3 is 0 Å². The number of hydrogen-bond acceptors (Lipinski definition) is 5. The van der Waals surface area contributed by atoms with Crippen LogP contribution in [0, 0.1) is 0 Å². The molecule has 1 atom stereocenters. The highest BCUT2D eigenvalue weighted by molar-refractivity contribution is 6.38. The second-order valence-corrected chi connectivity index (χ2v) is 7.91. The van der Waals surface area contributed by atoms with E-state index >= 15 is 0 Å². The second-order valence-electron chi connectivity index (χ2n) is 7.47. The van der Waals surface area contributed by atoms with Gasteiger partial charge in [-0.2, -0.15) is 5.10 Å². The molecule has 0 aliphatic carbocycles. The summed E-state index contributed by atoms with van der Waals surface area (Å²) in [6.07, 6.45) is 3.33. The summed E-state index contributed by atoms with van der Waals surface area (Å²) in [6.45, 7) is 0. The van der Waals surface area contributed by atoms with Crippen LogP contribution < -0.4 is 11.1 Å². The van der Waals surface area contributed by atoms with Crippen LogP contribution in [0.2, 0.25) is 5.02 Å². The lowest BCUT2D eigenvalue weighted by Gasteiger charge is -2.17. The van der Waals surface area contributed by atoms with Crippen LogP contribution in [0.1, 0.15) is 15.9 Å². The standard InChI is InChI=1S/C25H20ClN5O3/c26-18-10-8-17(9-11-18)20-12-14-31(30-20)24-19(7-4-13-28-24)25(34)29-21(22(32)23(27)33)15-16-5-2-1-3-6-16/h1-14,21H,15H2,(H2,27,33)(H,29,34). The number of nitrogens with one attached hydrogen (secondary N) is 1. The smallest absolute Gasteiger partial charge is 0.287 e. The van der Waals surface area contributed by atoms with Gasteiger partial charge in [-0.1, -0.05) is 54.1 Å². The summed E-state index contributed by atoms with van der Waals surface area (Å²) in [5.41, 5.74) is 7.69. The summed E-state index contributed by atoms with van der Waals surface area (Å²) >= 11 is 5.96. The SMILES string of the molecule is NC(=O)C(=O)C(Cc1ccccc1)NC(=O)c1cccnc1-n1ccc(-c2ccc(Cl)cc2)n1. The van der Waals surface area contributed by atoms with Gasteiger partial charge in [-0.05, 0) is 35.9 Å². The maximum absolute atomic E-state index is 13.2. The summed E-state index contributed by atoms with van der Waals surface area (Å²) < 4.78 is 1.47. The number of nitrogens with two attached hydrogens (primary N) is 1. The lowest BCUT2D eigenvalue weighted by molar-refractivity contribution is -0.137. The van der Waals surface area contributed by atoms with Crippen molar-refractivity contribution in [3.63, 3.8) is 0 Å². The maximum Gasteiger partial charge on any atom is 0.287 e. The number of hydrogen-bond donors (Lipinski definition) is 2. The van der Waals surface area contributed by atoms with Crippen molar-refractivity contribution in [1.82, 2.24) is 20.1 Å². The first-order chi connectivity index (χ1) is 16.4. The fraction of sp³-hybridized carbons (Fsp3) is 0.0800. The predicted molar refractivity (Wildman–Crippen MR) is 127 cm³/mol. The van der Waals surface area contributed by atoms with Crippen molar-refractivity contribution in [2.75, 3.05) is 0 Å². The number of primary amides is 1. The zero-order valence-corrected chi connectivity index (χ0v) is 18.6. The van der Waals surface area contributed by atoms with Crippen molar-refractivity contribution < 1.29 is 14.4 Å². The number of nitrogens with zero attached hydrogens (tertiary/aromatic N) is 3. The van der Waals surface area contributed by atoms with Crippen molar-refractivity contribution in [3.8, 4) is 17.1 Å². The minimum Gasteiger partial charge on any atom is -0.363 e. The van der Waals surface area contributed by atoms with Crippen LogP contribution in [-0.2, 0) is 16.0 Å². The van der Waals surface area contributed by atoms with E-state index in [2.05, 4.69) is 15.4 Å². The van der Waals surface area contributed by atoms with Crippen LogP contribution in [0.15, 0.2) is 85.2 Å². The highest BCUT2D eigenvalue weighted by atomic mass is 35.5. The van der Waals surface area contributed by atoms with Gasteiger partial charge in [-0.25, -0.2) is 9.67 Å². The molecule has 2 aromatic carbocycles. The predicted octanol–water partition coefficient (Wildman–Crippen LogP) is 2.98. The molecule has 0 radical (unpaired) electrons. The van der Waals surface area contributed by atoms with Gasteiger partial charge in [0, 0.05) is 29.4 Å². The first-order valence-corrected chi connectivity index (χ1v) is 10.8. The van der Waals surface area contributed by atoms with E-state index in [0.29, 0.717) is 10.7 Å². The topological polar surface area (TPSA) is 120 Å². The normalized spacial score (nSPS) is 11.6. The average molecular weight is 474 g/mol. The van der Waals surface area contributed by atoms with E-state index in [4.69, 9.17) is 17.3 Å². The van der Waals surface area contributed by atoms with E-state index in [1.165, 1.54) is 10.9 Å². The molecule has 0 fully saturated rings. The number of rotatable bonds is 8. The first-order valence-electron chi connectivity index (χ1n) is 10.4. The quantitative estimate of drug-likeness (QED) is 0.381. The van der Waals surface area contributed by atoms with Crippen molar-refractivity contribution in [2.24, 2.45) is 5.73 Å². The Morgan fingerprint density at radius 2 is 1.71 bits per heavy atom. The fourth-order valence-corrected chi connectivity index (χ4v) is 3.57. The van der Waals surface area contributed by atoms with Gasteiger partial charge in [0.05, 0.1) is 11.3 Å². The summed E-state index contributed by atoms with van der Waals surface area (Å²) in [4.78, 5) is 41.5. The fourth-order valence-electron chi connectivity index (χ4n) is 3.44. The third kappa shape index (κ3) is 5.19. The van der Waals surface area contributed by atoms with E-state index in [0.717, 1.165) is 11.1 Å². The van der Waals surface area contributed by atoms with E-state index in [9.17, 15) is 14.4 Å². The number of Topliss-reactive ketones (excluding diaryl/α,β-unsaturated/α-hetero) is 1. The molecule has 4 aromatic rings. The molecule has 4 rings (SSSR count).